The van der Waals surface area contributed by atoms with E-state index in [1.54, 1.807) is 30.2 Å². The quantitative estimate of drug-likeness (QED) is 0.906. The van der Waals surface area contributed by atoms with Crippen LogP contribution in [0, 0.1) is 6.92 Å². The highest BCUT2D eigenvalue weighted by atomic mass is 16.2. The van der Waals surface area contributed by atoms with E-state index in [9.17, 15) is 9.59 Å². The summed E-state index contributed by atoms with van der Waals surface area (Å²) in [6.45, 7) is 3.11. The number of hydrogen-bond donors (Lipinski definition) is 2. The standard InChI is InChI=1S/C18H22N4O2/c1-12-5-6-15(17(23)21-12)18(24)22-9-3-4-14(11-22)13-7-8-20-16(10-13)19-2/h5-8,10,14H,3-4,9,11H2,1-2H3,(H,19,20)(H,21,23)/t14-/m0/s1. The monoisotopic (exact) mass is 326 g/mol. The van der Waals surface area contributed by atoms with Gasteiger partial charge in [0.05, 0.1) is 0 Å². The zero-order chi connectivity index (χ0) is 17.1. The van der Waals surface area contributed by atoms with E-state index in [0.29, 0.717) is 13.1 Å². The van der Waals surface area contributed by atoms with Crippen molar-refractivity contribution in [1.29, 1.82) is 0 Å². The van der Waals surface area contributed by atoms with Crippen molar-refractivity contribution < 1.29 is 4.79 Å². The molecule has 2 N–H and O–H groups in total. The zero-order valence-corrected chi connectivity index (χ0v) is 14.0. The van der Waals surface area contributed by atoms with Crippen LogP contribution < -0.4 is 10.9 Å². The molecular formula is C18H22N4O2. The fourth-order valence-corrected chi connectivity index (χ4v) is 3.18. The van der Waals surface area contributed by atoms with Crippen LogP contribution in [-0.2, 0) is 0 Å². The van der Waals surface area contributed by atoms with E-state index >= 15 is 0 Å². The van der Waals surface area contributed by atoms with Crippen LogP contribution in [-0.4, -0.2) is 40.9 Å². The molecule has 0 bridgehead atoms. The lowest BCUT2D eigenvalue weighted by Crippen LogP contribution is -2.41. The van der Waals surface area contributed by atoms with Gasteiger partial charge in [-0.15, -0.1) is 0 Å². The number of likely N-dealkylation sites (tertiary alicyclic amines) is 1. The number of piperidine rings is 1. The van der Waals surface area contributed by atoms with Crippen molar-refractivity contribution in [1.82, 2.24) is 14.9 Å². The summed E-state index contributed by atoms with van der Waals surface area (Å²) in [6.07, 6.45) is 3.74. The van der Waals surface area contributed by atoms with Gasteiger partial charge in [-0.2, -0.15) is 0 Å². The van der Waals surface area contributed by atoms with E-state index < -0.39 is 0 Å². The van der Waals surface area contributed by atoms with Gasteiger partial charge >= 0.3 is 0 Å². The Morgan fingerprint density at radius 3 is 2.96 bits per heavy atom. The van der Waals surface area contributed by atoms with Crippen molar-refractivity contribution in [2.24, 2.45) is 0 Å². The molecule has 0 saturated carbocycles. The van der Waals surface area contributed by atoms with Crippen LogP contribution in [0.3, 0.4) is 0 Å². The van der Waals surface area contributed by atoms with Crippen molar-refractivity contribution >= 4 is 11.7 Å². The first-order valence-electron chi connectivity index (χ1n) is 8.21. The van der Waals surface area contributed by atoms with Crippen molar-refractivity contribution in [2.75, 3.05) is 25.5 Å². The van der Waals surface area contributed by atoms with Gasteiger partial charge in [-0.25, -0.2) is 4.98 Å². The lowest BCUT2D eigenvalue weighted by atomic mass is 9.91. The molecule has 1 amide bonds. The number of aromatic nitrogens is 2. The molecule has 0 spiro atoms. The molecule has 1 saturated heterocycles. The first-order chi connectivity index (χ1) is 11.6. The molecule has 2 aromatic rings. The third-order valence-electron chi connectivity index (χ3n) is 4.51. The molecule has 1 fully saturated rings. The highest BCUT2D eigenvalue weighted by molar-refractivity contribution is 5.94. The molecule has 3 rings (SSSR count). The molecule has 0 radical (unpaired) electrons. The highest BCUT2D eigenvalue weighted by Crippen LogP contribution is 2.28. The first kappa shape index (κ1) is 16.2. The Bertz CT molecular complexity index is 800. The van der Waals surface area contributed by atoms with E-state index in [1.807, 2.05) is 19.2 Å². The van der Waals surface area contributed by atoms with Crippen molar-refractivity contribution in [3.63, 3.8) is 0 Å². The minimum absolute atomic E-state index is 0.191. The number of aryl methyl sites for hydroxylation is 1. The topological polar surface area (TPSA) is 78.1 Å². The number of rotatable bonds is 3. The average molecular weight is 326 g/mol. The second-order valence-corrected chi connectivity index (χ2v) is 6.20. The number of nitrogens with zero attached hydrogens (tertiary/aromatic N) is 2. The van der Waals surface area contributed by atoms with Gasteiger partial charge in [0.25, 0.3) is 11.5 Å². The Hall–Kier alpha value is -2.63. The van der Waals surface area contributed by atoms with Crippen LogP contribution in [0.4, 0.5) is 5.82 Å². The maximum Gasteiger partial charge on any atom is 0.260 e. The fourth-order valence-electron chi connectivity index (χ4n) is 3.18. The summed E-state index contributed by atoms with van der Waals surface area (Å²) in [7, 11) is 1.84. The summed E-state index contributed by atoms with van der Waals surface area (Å²) >= 11 is 0. The number of amides is 1. The van der Waals surface area contributed by atoms with Crippen molar-refractivity contribution in [2.45, 2.75) is 25.7 Å². The van der Waals surface area contributed by atoms with Crippen LogP contribution in [0.2, 0.25) is 0 Å². The number of carbonyl (C=O) groups excluding carboxylic acids is 1. The molecule has 1 atom stereocenters. The highest BCUT2D eigenvalue weighted by Gasteiger charge is 2.27. The van der Waals surface area contributed by atoms with Gasteiger partial charge in [-0.05, 0) is 49.6 Å². The Kier molecular flexibility index (Phi) is 4.64. The minimum atomic E-state index is -0.316. The zero-order valence-electron chi connectivity index (χ0n) is 14.0. The van der Waals surface area contributed by atoms with Crippen molar-refractivity contribution in [3.05, 3.63) is 57.6 Å². The summed E-state index contributed by atoms with van der Waals surface area (Å²) in [5, 5.41) is 3.04. The molecule has 3 heterocycles. The van der Waals surface area contributed by atoms with Gasteiger partial charge in [0.2, 0.25) is 0 Å². The third kappa shape index (κ3) is 3.32. The van der Waals surface area contributed by atoms with E-state index in [0.717, 1.165) is 24.4 Å². The molecular weight excluding hydrogens is 304 g/mol. The summed E-state index contributed by atoms with van der Waals surface area (Å²) in [5.41, 5.74) is 1.82. The number of carbonyl (C=O) groups is 1. The van der Waals surface area contributed by atoms with Crippen LogP contribution in [0.25, 0.3) is 0 Å². The molecule has 0 aromatic carbocycles. The number of H-pyrrole nitrogens is 1. The van der Waals surface area contributed by atoms with Crippen LogP contribution in [0.15, 0.2) is 35.3 Å². The van der Waals surface area contributed by atoms with Crippen LogP contribution >= 0.6 is 0 Å². The number of aromatic amines is 1. The van der Waals surface area contributed by atoms with Gasteiger partial charge < -0.3 is 15.2 Å². The Morgan fingerprint density at radius 1 is 1.38 bits per heavy atom. The normalized spacial score (nSPS) is 17.6. The lowest BCUT2D eigenvalue weighted by molar-refractivity contribution is 0.0705. The van der Waals surface area contributed by atoms with E-state index in [1.165, 1.54) is 5.56 Å². The van der Waals surface area contributed by atoms with Crippen molar-refractivity contribution in [3.8, 4) is 0 Å². The molecule has 6 heteroatoms. The smallest absolute Gasteiger partial charge is 0.260 e. The van der Waals surface area contributed by atoms with Gasteiger partial charge in [-0.3, -0.25) is 9.59 Å². The van der Waals surface area contributed by atoms with Gasteiger partial charge in [0.1, 0.15) is 11.4 Å². The fraction of sp³-hybridized carbons (Fsp3) is 0.389. The van der Waals surface area contributed by atoms with Crippen LogP contribution in [0.1, 0.15) is 40.4 Å². The molecule has 126 valence electrons. The Balaban J connectivity index is 1.80. The molecule has 0 aliphatic carbocycles. The minimum Gasteiger partial charge on any atom is -0.373 e. The van der Waals surface area contributed by atoms with E-state index in [-0.39, 0.29) is 22.9 Å². The molecule has 2 aromatic heterocycles. The predicted molar refractivity (Wildman–Crippen MR) is 93.5 cm³/mol. The maximum absolute atomic E-state index is 12.7. The van der Waals surface area contributed by atoms with E-state index in [4.69, 9.17) is 0 Å². The Morgan fingerprint density at radius 2 is 2.21 bits per heavy atom. The van der Waals surface area contributed by atoms with Crippen LogP contribution in [0.5, 0.6) is 0 Å². The summed E-state index contributed by atoms with van der Waals surface area (Å²) in [4.78, 5) is 33.5. The largest absolute Gasteiger partial charge is 0.373 e. The summed E-state index contributed by atoms with van der Waals surface area (Å²) in [6, 6.07) is 7.40. The lowest BCUT2D eigenvalue weighted by Gasteiger charge is -2.33. The molecule has 1 aliphatic rings. The number of nitrogens with one attached hydrogen (secondary N) is 2. The van der Waals surface area contributed by atoms with Gasteiger partial charge in [-0.1, -0.05) is 0 Å². The molecule has 1 aliphatic heterocycles. The number of anilines is 1. The molecule has 24 heavy (non-hydrogen) atoms. The number of pyridine rings is 2. The van der Waals surface area contributed by atoms with Gasteiger partial charge in [0.15, 0.2) is 0 Å². The first-order valence-corrected chi connectivity index (χ1v) is 8.21. The second-order valence-electron chi connectivity index (χ2n) is 6.20. The second kappa shape index (κ2) is 6.86. The summed E-state index contributed by atoms with van der Waals surface area (Å²) < 4.78 is 0. The third-order valence-corrected chi connectivity index (χ3v) is 4.51. The van der Waals surface area contributed by atoms with Gasteiger partial charge in [0, 0.05) is 37.9 Å². The summed E-state index contributed by atoms with van der Waals surface area (Å²) in [5.74, 6) is 0.900. The SMILES string of the molecule is CNc1cc([C@H]2CCCN(C(=O)c3ccc(C)[nH]c3=O)C2)ccn1. The maximum atomic E-state index is 12.7. The number of hydrogen-bond acceptors (Lipinski definition) is 4. The average Bonchev–Trinajstić information content (AvgIpc) is 2.61. The molecule has 6 nitrogen and oxygen atoms in total. The predicted octanol–water partition coefficient (Wildman–Crippen LogP) is 2.14. The Labute approximate surface area is 140 Å². The van der Waals surface area contributed by atoms with E-state index in [2.05, 4.69) is 15.3 Å². The molecule has 0 unspecified atom stereocenters.